The molecule has 15 heavy (non-hydrogen) atoms. The van der Waals surface area contributed by atoms with Gasteiger partial charge in [0.25, 0.3) is 0 Å². The van der Waals surface area contributed by atoms with E-state index in [1.807, 2.05) is 30.3 Å². The topological polar surface area (TPSA) is 17.1 Å². The summed E-state index contributed by atoms with van der Waals surface area (Å²) in [5.41, 5.74) is 0.819. The summed E-state index contributed by atoms with van der Waals surface area (Å²) in [6.45, 7) is 2.09. The zero-order valence-corrected chi connectivity index (χ0v) is 9.38. The SMILES string of the molecule is CCSc1ccc2ccccc2c1C=O. The molecule has 0 unspecified atom stereocenters. The summed E-state index contributed by atoms with van der Waals surface area (Å²) < 4.78 is 0. The van der Waals surface area contributed by atoms with Crippen molar-refractivity contribution in [1.82, 2.24) is 0 Å². The van der Waals surface area contributed by atoms with Gasteiger partial charge in [0, 0.05) is 10.5 Å². The number of thioether (sulfide) groups is 1. The molecule has 0 aliphatic heterocycles. The van der Waals surface area contributed by atoms with Gasteiger partial charge >= 0.3 is 0 Å². The van der Waals surface area contributed by atoms with E-state index in [-0.39, 0.29) is 0 Å². The molecule has 0 amide bonds. The van der Waals surface area contributed by atoms with Crippen molar-refractivity contribution >= 4 is 28.8 Å². The Bertz CT molecular complexity index is 491. The van der Waals surface area contributed by atoms with Crippen molar-refractivity contribution in [3.05, 3.63) is 42.0 Å². The van der Waals surface area contributed by atoms with E-state index in [0.29, 0.717) is 0 Å². The standard InChI is InChI=1S/C13H12OS/c1-2-15-13-8-7-10-5-3-4-6-11(10)12(13)9-14/h3-9H,2H2,1H3. The fraction of sp³-hybridized carbons (Fsp3) is 0.154. The number of fused-ring (bicyclic) bond motifs is 1. The molecule has 0 radical (unpaired) electrons. The number of carbonyl (C=O) groups excluding carboxylic acids is 1. The maximum Gasteiger partial charge on any atom is 0.151 e. The average molecular weight is 216 g/mol. The number of hydrogen-bond donors (Lipinski definition) is 0. The van der Waals surface area contributed by atoms with Crippen molar-refractivity contribution in [2.24, 2.45) is 0 Å². The lowest BCUT2D eigenvalue weighted by Crippen LogP contribution is -1.88. The second-order valence-electron chi connectivity index (χ2n) is 3.25. The maximum absolute atomic E-state index is 11.1. The van der Waals surface area contributed by atoms with Gasteiger partial charge in [0.05, 0.1) is 0 Å². The van der Waals surface area contributed by atoms with Crippen molar-refractivity contribution in [3.63, 3.8) is 0 Å². The Morgan fingerprint density at radius 1 is 1.20 bits per heavy atom. The first-order valence-electron chi connectivity index (χ1n) is 4.96. The Hall–Kier alpha value is -1.28. The lowest BCUT2D eigenvalue weighted by Gasteiger charge is -2.06. The van der Waals surface area contributed by atoms with Gasteiger partial charge < -0.3 is 0 Å². The molecule has 2 heteroatoms. The molecule has 0 fully saturated rings. The van der Waals surface area contributed by atoms with Crippen LogP contribution in [0, 0.1) is 0 Å². The largest absolute Gasteiger partial charge is 0.298 e. The Morgan fingerprint density at radius 2 is 2.00 bits per heavy atom. The highest BCUT2D eigenvalue weighted by atomic mass is 32.2. The Labute approximate surface area is 93.5 Å². The molecule has 0 bridgehead atoms. The van der Waals surface area contributed by atoms with Gasteiger partial charge in [0.1, 0.15) is 0 Å². The smallest absolute Gasteiger partial charge is 0.151 e. The molecule has 2 aromatic rings. The highest BCUT2D eigenvalue weighted by molar-refractivity contribution is 7.99. The van der Waals surface area contributed by atoms with E-state index < -0.39 is 0 Å². The van der Waals surface area contributed by atoms with Crippen LogP contribution in [0.15, 0.2) is 41.3 Å². The molecule has 0 aliphatic carbocycles. The Balaban J connectivity index is 2.69. The molecule has 0 N–H and O–H groups in total. The summed E-state index contributed by atoms with van der Waals surface area (Å²) in [6.07, 6.45) is 0.959. The van der Waals surface area contributed by atoms with Crippen molar-refractivity contribution in [2.45, 2.75) is 11.8 Å². The molecular formula is C13H12OS. The van der Waals surface area contributed by atoms with Gasteiger partial charge in [-0.1, -0.05) is 37.3 Å². The van der Waals surface area contributed by atoms with Crippen LogP contribution >= 0.6 is 11.8 Å². The average Bonchev–Trinajstić information content (AvgIpc) is 2.29. The van der Waals surface area contributed by atoms with Crippen LogP contribution in [0.3, 0.4) is 0 Å². The molecule has 2 aromatic carbocycles. The number of aldehydes is 1. The predicted molar refractivity (Wildman–Crippen MR) is 65.7 cm³/mol. The number of benzene rings is 2. The van der Waals surface area contributed by atoms with Crippen molar-refractivity contribution in [2.75, 3.05) is 5.75 Å². The summed E-state index contributed by atoms with van der Waals surface area (Å²) in [5.74, 6) is 0.985. The van der Waals surface area contributed by atoms with E-state index in [0.717, 1.165) is 33.3 Å². The van der Waals surface area contributed by atoms with Gasteiger partial charge in [0.2, 0.25) is 0 Å². The van der Waals surface area contributed by atoms with E-state index in [1.165, 1.54) is 0 Å². The van der Waals surface area contributed by atoms with Crippen molar-refractivity contribution < 1.29 is 4.79 Å². The van der Waals surface area contributed by atoms with Crippen LogP contribution in [0.5, 0.6) is 0 Å². The minimum Gasteiger partial charge on any atom is -0.298 e. The summed E-state index contributed by atoms with van der Waals surface area (Å²) in [6, 6.07) is 12.1. The monoisotopic (exact) mass is 216 g/mol. The maximum atomic E-state index is 11.1. The third-order valence-corrected chi connectivity index (χ3v) is 3.30. The summed E-state index contributed by atoms with van der Waals surface area (Å²) >= 11 is 1.71. The van der Waals surface area contributed by atoms with E-state index in [2.05, 4.69) is 13.0 Å². The molecule has 0 spiro atoms. The van der Waals surface area contributed by atoms with Crippen LogP contribution in [0.4, 0.5) is 0 Å². The highest BCUT2D eigenvalue weighted by Gasteiger charge is 2.05. The third kappa shape index (κ3) is 1.90. The van der Waals surface area contributed by atoms with Gasteiger partial charge in [-0.3, -0.25) is 4.79 Å². The highest BCUT2D eigenvalue weighted by Crippen LogP contribution is 2.28. The first kappa shape index (κ1) is 10.2. The lowest BCUT2D eigenvalue weighted by molar-refractivity contribution is 0.112. The second kappa shape index (κ2) is 4.49. The van der Waals surface area contributed by atoms with Crippen LogP contribution in [0.25, 0.3) is 10.8 Å². The zero-order valence-electron chi connectivity index (χ0n) is 8.57. The van der Waals surface area contributed by atoms with Crippen LogP contribution in [-0.2, 0) is 0 Å². The summed E-state index contributed by atoms with van der Waals surface area (Å²) in [4.78, 5) is 12.2. The molecule has 0 aliphatic rings. The van der Waals surface area contributed by atoms with E-state index in [4.69, 9.17) is 0 Å². The Kier molecular flexibility index (Phi) is 3.07. The zero-order chi connectivity index (χ0) is 10.7. The van der Waals surface area contributed by atoms with E-state index in [9.17, 15) is 4.79 Å². The van der Waals surface area contributed by atoms with Gasteiger partial charge in [-0.25, -0.2) is 0 Å². The minimum absolute atomic E-state index is 0.819. The number of hydrogen-bond acceptors (Lipinski definition) is 2. The molecule has 76 valence electrons. The van der Waals surface area contributed by atoms with E-state index >= 15 is 0 Å². The van der Waals surface area contributed by atoms with Crippen LogP contribution in [0.1, 0.15) is 17.3 Å². The molecular weight excluding hydrogens is 204 g/mol. The summed E-state index contributed by atoms with van der Waals surface area (Å²) in [7, 11) is 0. The van der Waals surface area contributed by atoms with Crippen molar-refractivity contribution in [1.29, 1.82) is 0 Å². The number of carbonyl (C=O) groups is 1. The molecule has 0 atom stereocenters. The first-order chi connectivity index (χ1) is 7.36. The molecule has 0 saturated carbocycles. The molecule has 0 aromatic heterocycles. The normalized spacial score (nSPS) is 10.5. The van der Waals surface area contributed by atoms with Crippen LogP contribution < -0.4 is 0 Å². The Morgan fingerprint density at radius 3 is 2.73 bits per heavy atom. The first-order valence-corrected chi connectivity index (χ1v) is 5.95. The van der Waals surface area contributed by atoms with Gasteiger partial charge in [0.15, 0.2) is 6.29 Å². The molecule has 1 nitrogen and oxygen atoms in total. The van der Waals surface area contributed by atoms with Crippen LogP contribution in [-0.4, -0.2) is 12.0 Å². The molecule has 0 heterocycles. The van der Waals surface area contributed by atoms with Gasteiger partial charge in [-0.15, -0.1) is 11.8 Å². The fourth-order valence-corrected chi connectivity index (χ4v) is 2.47. The van der Waals surface area contributed by atoms with E-state index in [1.54, 1.807) is 11.8 Å². The quantitative estimate of drug-likeness (QED) is 0.574. The second-order valence-corrected chi connectivity index (χ2v) is 4.56. The summed E-state index contributed by atoms with van der Waals surface area (Å²) in [5, 5.41) is 2.17. The lowest BCUT2D eigenvalue weighted by atomic mass is 10.1. The number of rotatable bonds is 3. The minimum atomic E-state index is 0.819. The van der Waals surface area contributed by atoms with Crippen LogP contribution in [0.2, 0.25) is 0 Å². The molecule has 0 saturated heterocycles. The predicted octanol–water partition coefficient (Wildman–Crippen LogP) is 3.76. The van der Waals surface area contributed by atoms with Crippen molar-refractivity contribution in [3.8, 4) is 0 Å². The van der Waals surface area contributed by atoms with Gasteiger partial charge in [-0.05, 0) is 22.6 Å². The fourth-order valence-electron chi connectivity index (χ4n) is 1.68. The van der Waals surface area contributed by atoms with Gasteiger partial charge in [-0.2, -0.15) is 0 Å². The molecule has 2 rings (SSSR count). The third-order valence-electron chi connectivity index (χ3n) is 2.35.